The second-order valence-corrected chi connectivity index (χ2v) is 10.1. The number of aromatic nitrogens is 2. The number of hydrogen-bond acceptors (Lipinski definition) is 5. The lowest BCUT2D eigenvalue weighted by Gasteiger charge is -2.14. The maximum absolute atomic E-state index is 13.1. The van der Waals surface area contributed by atoms with Gasteiger partial charge < -0.3 is 5.32 Å². The first-order valence-corrected chi connectivity index (χ1v) is 11.7. The summed E-state index contributed by atoms with van der Waals surface area (Å²) in [4.78, 5) is 14.0. The van der Waals surface area contributed by atoms with Crippen molar-refractivity contribution < 1.29 is 17.6 Å². The van der Waals surface area contributed by atoms with E-state index in [1.807, 2.05) is 17.7 Å². The van der Waals surface area contributed by atoms with Crippen LogP contribution in [-0.4, -0.2) is 53.8 Å². The Morgan fingerprint density at radius 1 is 1.31 bits per heavy atom. The molecule has 1 aliphatic rings. The Morgan fingerprint density at radius 2 is 2.07 bits per heavy atom. The van der Waals surface area contributed by atoms with E-state index in [1.165, 1.54) is 27.8 Å². The Balaban J connectivity index is 1.45. The summed E-state index contributed by atoms with van der Waals surface area (Å²) in [7, 11) is -3.16. The monoisotopic (exact) mass is 436 g/mol. The highest BCUT2D eigenvalue weighted by molar-refractivity contribution is 7.89. The number of benzene rings is 1. The molecule has 2 aromatic heterocycles. The molecule has 4 rings (SSSR count). The van der Waals surface area contributed by atoms with Gasteiger partial charge in [0.15, 0.2) is 0 Å². The summed E-state index contributed by atoms with van der Waals surface area (Å²) in [5, 5.41) is 8.24. The normalized spacial score (nSPS) is 16.5. The van der Waals surface area contributed by atoms with E-state index in [0.717, 1.165) is 21.5 Å². The summed E-state index contributed by atoms with van der Waals surface area (Å²) < 4.78 is 40.0. The van der Waals surface area contributed by atoms with E-state index in [0.29, 0.717) is 24.4 Å². The number of nitrogens with zero attached hydrogens (tertiary/aromatic N) is 3. The first-order valence-electron chi connectivity index (χ1n) is 9.31. The molecule has 0 radical (unpaired) electrons. The van der Waals surface area contributed by atoms with Crippen molar-refractivity contribution in [3.63, 3.8) is 0 Å². The van der Waals surface area contributed by atoms with Crippen LogP contribution in [0.15, 0.2) is 30.3 Å². The molecule has 0 atom stereocenters. The van der Waals surface area contributed by atoms with E-state index in [2.05, 4.69) is 10.4 Å². The molecule has 0 unspecified atom stereocenters. The third-order valence-electron chi connectivity index (χ3n) is 4.93. The van der Waals surface area contributed by atoms with Gasteiger partial charge in [-0.25, -0.2) is 17.1 Å². The molecule has 0 aliphatic carbocycles. The topological polar surface area (TPSA) is 84.3 Å². The van der Waals surface area contributed by atoms with Crippen LogP contribution in [0.1, 0.15) is 27.3 Å². The highest BCUT2D eigenvalue weighted by Crippen LogP contribution is 2.29. The molecule has 1 N–H and O–H groups in total. The number of hydrogen-bond donors (Lipinski definition) is 1. The summed E-state index contributed by atoms with van der Waals surface area (Å²) in [6.07, 6.45) is 0.635. The predicted molar refractivity (Wildman–Crippen MR) is 110 cm³/mol. The number of aryl methyl sites for hydroxylation is 1. The van der Waals surface area contributed by atoms with E-state index >= 15 is 0 Å². The number of halogens is 1. The Bertz CT molecular complexity index is 1150. The zero-order chi connectivity index (χ0) is 20.6. The molecule has 1 amide bonds. The second-order valence-electron chi connectivity index (χ2n) is 7.02. The smallest absolute Gasteiger partial charge is 0.261 e. The van der Waals surface area contributed by atoms with Gasteiger partial charge in [0.1, 0.15) is 10.6 Å². The maximum atomic E-state index is 13.1. The molecule has 0 saturated carbocycles. The van der Waals surface area contributed by atoms with Crippen LogP contribution in [0, 0.1) is 12.7 Å². The number of amides is 1. The van der Waals surface area contributed by atoms with Crippen LogP contribution in [-0.2, 0) is 16.6 Å². The van der Waals surface area contributed by atoms with Gasteiger partial charge in [-0.15, -0.1) is 11.3 Å². The first kappa shape index (κ1) is 20.0. The second kappa shape index (κ2) is 7.85. The lowest BCUT2D eigenvalue weighted by atomic mass is 10.2. The molecule has 154 valence electrons. The Morgan fingerprint density at radius 3 is 2.76 bits per heavy atom. The molecule has 3 heterocycles. The standard InChI is InChI=1S/C19H21FN4O3S2/c1-13-16-11-17(18(25)21-7-9-23-8-2-10-29(23,26)27)28-19(16)24(22-13)12-14-3-5-15(20)6-4-14/h3-6,11H,2,7-10,12H2,1H3,(H,21,25). The summed E-state index contributed by atoms with van der Waals surface area (Å²) in [5.41, 5.74) is 1.74. The molecular formula is C19H21FN4O3S2. The van der Waals surface area contributed by atoms with E-state index < -0.39 is 10.0 Å². The predicted octanol–water partition coefficient (Wildman–Crippen LogP) is 2.36. The van der Waals surface area contributed by atoms with Gasteiger partial charge in [0, 0.05) is 25.0 Å². The summed E-state index contributed by atoms with van der Waals surface area (Å²) in [6, 6.07) is 8.07. The van der Waals surface area contributed by atoms with Crippen molar-refractivity contribution in [1.29, 1.82) is 0 Å². The van der Waals surface area contributed by atoms with Gasteiger partial charge in [0.05, 0.1) is 22.9 Å². The maximum Gasteiger partial charge on any atom is 0.261 e. The summed E-state index contributed by atoms with van der Waals surface area (Å²) >= 11 is 1.34. The molecule has 0 spiro atoms. The zero-order valence-electron chi connectivity index (χ0n) is 15.9. The van der Waals surface area contributed by atoms with Gasteiger partial charge in [-0.05, 0) is 37.1 Å². The molecule has 29 heavy (non-hydrogen) atoms. The van der Waals surface area contributed by atoms with Crippen molar-refractivity contribution in [1.82, 2.24) is 19.4 Å². The molecular weight excluding hydrogens is 415 g/mol. The molecule has 1 aromatic carbocycles. The minimum atomic E-state index is -3.16. The van der Waals surface area contributed by atoms with E-state index in [1.54, 1.807) is 12.1 Å². The minimum absolute atomic E-state index is 0.182. The van der Waals surface area contributed by atoms with Gasteiger partial charge in [-0.1, -0.05) is 12.1 Å². The van der Waals surface area contributed by atoms with Crippen LogP contribution in [0.2, 0.25) is 0 Å². The fourth-order valence-corrected chi connectivity index (χ4v) is 6.02. The Kier molecular flexibility index (Phi) is 5.41. The van der Waals surface area contributed by atoms with Crippen LogP contribution in [0.25, 0.3) is 10.2 Å². The number of carbonyl (C=O) groups is 1. The van der Waals surface area contributed by atoms with Crippen molar-refractivity contribution in [2.24, 2.45) is 0 Å². The van der Waals surface area contributed by atoms with Crippen LogP contribution < -0.4 is 5.32 Å². The molecule has 0 bridgehead atoms. The number of thiophene rings is 1. The molecule has 1 aliphatic heterocycles. The first-order chi connectivity index (χ1) is 13.8. The van der Waals surface area contributed by atoms with Crippen molar-refractivity contribution in [2.45, 2.75) is 19.9 Å². The molecule has 7 nitrogen and oxygen atoms in total. The molecule has 3 aromatic rings. The minimum Gasteiger partial charge on any atom is -0.350 e. The van der Waals surface area contributed by atoms with Crippen molar-refractivity contribution in [3.05, 3.63) is 52.3 Å². The lowest BCUT2D eigenvalue weighted by molar-refractivity contribution is 0.0956. The number of sulfonamides is 1. The van der Waals surface area contributed by atoms with E-state index in [-0.39, 0.29) is 30.6 Å². The van der Waals surface area contributed by atoms with Crippen molar-refractivity contribution in [2.75, 3.05) is 25.4 Å². The average molecular weight is 437 g/mol. The fraction of sp³-hybridized carbons (Fsp3) is 0.368. The number of nitrogens with one attached hydrogen (secondary N) is 1. The summed E-state index contributed by atoms with van der Waals surface area (Å²) in [5.74, 6) is -0.330. The van der Waals surface area contributed by atoms with Crippen LogP contribution >= 0.6 is 11.3 Å². The van der Waals surface area contributed by atoms with Gasteiger partial charge >= 0.3 is 0 Å². The van der Waals surface area contributed by atoms with Gasteiger partial charge in [0.25, 0.3) is 5.91 Å². The van der Waals surface area contributed by atoms with Crippen molar-refractivity contribution >= 4 is 37.5 Å². The van der Waals surface area contributed by atoms with Gasteiger partial charge in [-0.3, -0.25) is 9.48 Å². The largest absolute Gasteiger partial charge is 0.350 e. The van der Waals surface area contributed by atoms with Crippen LogP contribution in [0.4, 0.5) is 4.39 Å². The molecule has 1 fully saturated rings. The van der Waals surface area contributed by atoms with Crippen LogP contribution in [0.3, 0.4) is 0 Å². The van der Waals surface area contributed by atoms with Crippen LogP contribution in [0.5, 0.6) is 0 Å². The lowest BCUT2D eigenvalue weighted by Crippen LogP contribution is -2.35. The number of fused-ring (bicyclic) bond motifs is 1. The third kappa shape index (κ3) is 4.19. The quantitative estimate of drug-likeness (QED) is 0.643. The number of rotatable bonds is 6. The van der Waals surface area contributed by atoms with E-state index in [4.69, 9.17) is 0 Å². The highest BCUT2D eigenvalue weighted by atomic mass is 32.2. The molecule has 10 heteroatoms. The zero-order valence-corrected chi connectivity index (χ0v) is 17.5. The number of carbonyl (C=O) groups excluding carboxylic acids is 1. The Labute approximate surface area is 172 Å². The van der Waals surface area contributed by atoms with E-state index in [9.17, 15) is 17.6 Å². The average Bonchev–Trinajstić information content (AvgIpc) is 3.33. The Hall–Kier alpha value is -2.30. The summed E-state index contributed by atoms with van der Waals surface area (Å²) in [6.45, 7) is 3.44. The third-order valence-corrected chi connectivity index (χ3v) is 8.03. The van der Waals surface area contributed by atoms with Crippen molar-refractivity contribution in [3.8, 4) is 0 Å². The SMILES string of the molecule is Cc1nn(Cc2ccc(F)cc2)c2sc(C(=O)NCCN3CCCS3(=O)=O)cc12. The van der Waals surface area contributed by atoms with Gasteiger partial charge in [0.2, 0.25) is 10.0 Å². The fourth-order valence-electron chi connectivity index (χ4n) is 3.42. The highest BCUT2D eigenvalue weighted by Gasteiger charge is 2.27. The van der Waals surface area contributed by atoms with Gasteiger partial charge in [-0.2, -0.15) is 5.10 Å². The molecule has 1 saturated heterocycles.